The maximum Gasteiger partial charge on any atom is 0.0466 e. The summed E-state index contributed by atoms with van der Waals surface area (Å²) in [6.45, 7) is 9.68. The van der Waals surface area contributed by atoms with Gasteiger partial charge in [-0.2, -0.15) is 0 Å². The number of hydrogen-bond donors (Lipinski definition) is 0. The molecule has 0 bridgehead atoms. The Morgan fingerprint density at radius 2 is 2.10 bits per heavy atom. The van der Waals surface area contributed by atoms with Crippen molar-refractivity contribution in [3.8, 4) is 0 Å². The van der Waals surface area contributed by atoms with Crippen LogP contribution in [0.4, 0.5) is 0 Å². The number of rotatable bonds is 6. The van der Waals surface area contributed by atoms with Crippen LogP contribution in [0.3, 0.4) is 0 Å². The van der Waals surface area contributed by atoms with E-state index in [4.69, 9.17) is 4.74 Å². The summed E-state index contributed by atoms with van der Waals surface area (Å²) in [5.41, 5.74) is 1.27. The average molecular weight is 142 g/mol. The molecule has 1 nitrogen and oxygen atoms in total. The third-order valence-electron chi connectivity index (χ3n) is 1.35. The molecule has 1 heteroatoms. The highest BCUT2D eigenvalue weighted by atomic mass is 16.5. The Hall–Kier alpha value is -0.300. The fourth-order valence-electron chi connectivity index (χ4n) is 0.775. The predicted octanol–water partition coefficient (Wildman–Crippen LogP) is 2.77. The minimum absolute atomic E-state index is 0.840. The van der Waals surface area contributed by atoms with Gasteiger partial charge in [0.05, 0.1) is 0 Å². The molecular formula is C9H18O. The lowest BCUT2D eigenvalue weighted by Crippen LogP contribution is -1.92. The summed E-state index contributed by atoms with van der Waals surface area (Å²) < 4.78 is 5.19. The molecule has 60 valence electrons. The molecule has 0 aromatic rings. The first-order valence-electron chi connectivity index (χ1n) is 3.99. The highest BCUT2D eigenvalue weighted by Crippen LogP contribution is 2.03. The Morgan fingerprint density at radius 1 is 1.40 bits per heavy atom. The van der Waals surface area contributed by atoms with Crippen molar-refractivity contribution in [3.63, 3.8) is 0 Å². The van der Waals surface area contributed by atoms with Crippen LogP contribution in [0.25, 0.3) is 0 Å². The van der Waals surface area contributed by atoms with Gasteiger partial charge in [-0.15, -0.1) is 6.58 Å². The molecule has 0 saturated carbocycles. The number of unbranched alkanes of at least 4 members (excludes halogenated alkanes) is 1. The Kier molecular flexibility index (Phi) is 6.61. The van der Waals surface area contributed by atoms with Crippen molar-refractivity contribution in [3.05, 3.63) is 12.2 Å². The van der Waals surface area contributed by atoms with Gasteiger partial charge >= 0.3 is 0 Å². The predicted molar refractivity (Wildman–Crippen MR) is 45.2 cm³/mol. The summed E-state index contributed by atoms with van der Waals surface area (Å²) >= 11 is 0. The van der Waals surface area contributed by atoms with Crippen LogP contribution >= 0.6 is 0 Å². The van der Waals surface area contributed by atoms with E-state index in [2.05, 4.69) is 13.5 Å². The molecule has 0 heterocycles. The van der Waals surface area contributed by atoms with Gasteiger partial charge in [-0.05, 0) is 33.1 Å². The second kappa shape index (κ2) is 6.81. The minimum atomic E-state index is 0.840. The molecule has 0 aliphatic rings. The van der Waals surface area contributed by atoms with Gasteiger partial charge in [0.25, 0.3) is 0 Å². The van der Waals surface area contributed by atoms with Crippen LogP contribution in [0.5, 0.6) is 0 Å². The molecule has 0 spiro atoms. The summed E-state index contributed by atoms with van der Waals surface area (Å²) in [6, 6.07) is 0. The smallest absolute Gasteiger partial charge is 0.0466 e. The van der Waals surface area contributed by atoms with E-state index in [-0.39, 0.29) is 0 Å². The van der Waals surface area contributed by atoms with E-state index in [1.807, 2.05) is 6.92 Å². The molecule has 0 rings (SSSR count). The molecule has 10 heavy (non-hydrogen) atoms. The van der Waals surface area contributed by atoms with Crippen molar-refractivity contribution in [2.75, 3.05) is 13.2 Å². The van der Waals surface area contributed by atoms with Crippen molar-refractivity contribution in [2.24, 2.45) is 0 Å². The summed E-state index contributed by atoms with van der Waals surface area (Å²) in [4.78, 5) is 0. The van der Waals surface area contributed by atoms with E-state index in [1.54, 1.807) is 0 Å². The Morgan fingerprint density at radius 3 is 2.60 bits per heavy atom. The molecule has 0 unspecified atom stereocenters. The van der Waals surface area contributed by atoms with Gasteiger partial charge in [0.15, 0.2) is 0 Å². The van der Waals surface area contributed by atoms with Gasteiger partial charge in [0, 0.05) is 13.2 Å². The topological polar surface area (TPSA) is 9.23 Å². The first kappa shape index (κ1) is 9.70. The minimum Gasteiger partial charge on any atom is -0.382 e. The third-order valence-corrected chi connectivity index (χ3v) is 1.35. The summed E-state index contributed by atoms with van der Waals surface area (Å²) in [6.07, 6.45) is 3.53. The second-order valence-corrected chi connectivity index (χ2v) is 2.61. The lowest BCUT2D eigenvalue weighted by molar-refractivity contribution is 0.143. The molecular weight excluding hydrogens is 124 g/mol. The fraction of sp³-hybridized carbons (Fsp3) is 0.778. The summed E-state index contributed by atoms with van der Waals surface area (Å²) in [5, 5.41) is 0. The van der Waals surface area contributed by atoms with Crippen LogP contribution in [0.1, 0.15) is 33.1 Å². The standard InChI is InChI=1S/C9H18O/c1-4-10-8-6-5-7-9(2)3/h2,4-8H2,1,3H3. The largest absolute Gasteiger partial charge is 0.382 e. The molecule has 0 amide bonds. The van der Waals surface area contributed by atoms with Crippen LogP contribution in [-0.4, -0.2) is 13.2 Å². The SMILES string of the molecule is C=C(C)CCCCOCC. The normalized spacial score (nSPS) is 9.80. The molecule has 0 aliphatic carbocycles. The molecule has 0 fully saturated rings. The number of allylic oxidation sites excluding steroid dienone is 1. The number of hydrogen-bond acceptors (Lipinski definition) is 1. The second-order valence-electron chi connectivity index (χ2n) is 2.61. The van der Waals surface area contributed by atoms with Crippen molar-refractivity contribution in [1.82, 2.24) is 0 Å². The average Bonchev–Trinajstić information content (AvgIpc) is 1.87. The highest BCUT2D eigenvalue weighted by Gasteiger charge is 1.88. The Balaban J connectivity index is 2.84. The number of ether oxygens (including phenoxy) is 1. The van der Waals surface area contributed by atoms with Crippen LogP contribution in [0.15, 0.2) is 12.2 Å². The van der Waals surface area contributed by atoms with Crippen LogP contribution in [-0.2, 0) is 4.74 Å². The summed E-state index contributed by atoms with van der Waals surface area (Å²) in [5.74, 6) is 0. The zero-order chi connectivity index (χ0) is 7.82. The van der Waals surface area contributed by atoms with E-state index in [0.717, 1.165) is 19.6 Å². The maximum atomic E-state index is 5.19. The lowest BCUT2D eigenvalue weighted by atomic mass is 10.1. The van der Waals surface area contributed by atoms with Gasteiger partial charge in [0.2, 0.25) is 0 Å². The molecule has 0 aromatic heterocycles. The molecule has 0 saturated heterocycles. The molecule has 0 radical (unpaired) electrons. The highest BCUT2D eigenvalue weighted by molar-refractivity contribution is 4.86. The maximum absolute atomic E-state index is 5.19. The van der Waals surface area contributed by atoms with Gasteiger partial charge in [0.1, 0.15) is 0 Å². The van der Waals surface area contributed by atoms with E-state index < -0.39 is 0 Å². The van der Waals surface area contributed by atoms with Crippen molar-refractivity contribution in [2.45, 2.75) is 33.1 Å². The molecule has 0 aromatic carbocycles. The Bertz CT molecular complexity index is 86.7. The first-order chi connectivity index (χ1) is 4.77. The van der Waals surface area contributed by atoms with Crippen molar-refractivity contribution < 1.29 is 4.74 Å². The molecule has 0 atom stereocenters. The Labute approximate surface area is 64.1 Å². The monoisotopic (exact) mass is 142 g/mol. The van der Waals surface area contributed by atoms with Crippen molar-refractivity contribution >= 4 is 0 Å². The first-order valence-corrected chi connectivity index (χ1v) is 3.99. The van der Waals surface area contributed by atoms with Gasteiger partial charge in [-0.25, -0.2) is 0 Å². The van der Waals surface area contributed by atoms with E-state index in [1.165, 1.54) is 18.4 Å². The quantitative estimate of drug-likeness (QED) is 0.409. The van der Waals surface area contributed by atoms with Crippen LogP contribution in [0, 0.1) is 0 Å². The van der Waals surface area contributed by atoms with E-state index in [9.17, 15) is 0 Å². The van der Waals surface area contributed by atoms with E-state index in [0.29, 0.717) is 0 Å². The van der Waals surface area contributed by atoms with Gasteiger partial charge in [-0.3, -0.25) is 0 Å². The zero-order valence-electron chi connectivity index (χ0n) is 7.15. The third kappa shape index (κ3) is 7.70. The van der Waals surface area contributed by atoms with Crippen LogP contribution < -0.4 is 0 Å². The zero-order valence-corrected chi connectivity index (χ0v) is 7.15. The van der Waals surface area contributed by atoms with Crippen LogP contribution in [0.2, 0.25) is 0 Å². The lowest BCUT2D eigenvalue weighted by Gasteiger charge is -2.00. The van der Waals surface area contributed by atoms with Gasteiger partial charge in [-0.1, -0.05) is 5.57 Å². The fourth-order valence-corrected chi connectivity index (χ4v) is 0.775. The summed E-state index contributed by atoms with van der Waals surface area (Å²) in [7, 11) is 0. The molecule has 0 N–H and O–H groups in total. The van der Waals surface area contributed by atoms with Crippen molar-refractivity contribution in [1.29, 1.82) is 0 Å². The van der Waals surface area contributed by atoms with Gasteiger partial charge < -0.3 is 4.74 Å². The van der Waals surface area contributed by atoms with E-state index >= 15 is 0 Å². The molecule has 0 aliphatic heterocycles.